The molecule has 0 atom stereocenters. The van der Waals surface area contributed by atoms with Crippen LogP contribution in [0.4, 0.5) is 0 Å². The van der Waals surface area contributed by atoms with Gasteiger partial charge in [-0.1, -0.05) is 132 Å². The summed E-state index contributed by atoms with van der Waals surface area (Å²) in [5.41, 5.74) is 3.06. The van der Waals surface area contributed by atoms with Crippen molar-refractivity contribution < 1.29 is 27.5 Å². The molecule has 6 rings (SSSR count). The Bertz CT molecular complexity index is 1500. The number of benzene rings is 4. The summed E-state index contributed by atoms with van der Waals surface area (Å²) in [6.07, 6.45) is 10.2. The van der Waals surface area contributed by atoms with Crippen molar-refractivity contribution in [2.75, 3.05) is 0 Å². The van der Waals surface area contributed by atoms with Crippen LogP contribution in [-0.2, 0) is 17.1 Å². The molecule has 6 aromatic rings. The summed E-state index contributed by atoms with van der Waals surface area (Å²) in [5.74, 6) is 0. The number of imidazole rings is 2. The topological polar surface area (TPSA) is 193 Å². The number of H-pyrrole nitrogens is 2. The van der Waals surface area contributed by atoms with Gasteiger partial charge < -0.3 is 41.1 Å². The molecule has 0 aliphatic heterocycles. The zero-order valence-electron chi connectivity index (χ0n) is 26.4. The van der Waals surface area contributed by atoms with Crippen LogP contribution in [0.2, 0.25) is 0 Å². The van der Waals surface area contributed by atoms with Gasteiger partial charge >= 0.3 is 0 Å². The summed E-state index contributed by atoms with van der Waals surface area (Å²) in [4.78, 5) is 12.8. The third-order valence-electron chi connectivity index (χ3n) is 5.83. The van der Waals surface area contributed by atoms with Crippen molar-refractivity contribution in [1.82, 2.24) is 19.9 Å². The van der Waals surface area contributed by atoms with Gasteiger partial charge in [0.15, 0.2) is 0 Å². The van der Waals surface area contributed by atoms with Crippen LogP contribution in [0, 0.1) is 10.4 Å². The maximum atomic E-state index is 11.0. The summed E-state index contributed by atoms with van der Waals surface area (Å²) >= 11 is 0. The molecule has 0 amide bonds. The number of nitrogens with one attached hydrogen (secondary N) is 2. The van der Waals surface area contributed by atoms with Crippen molar-refractivity contribution in [3.8, 4) is 0 Å². The van der Waals surface area contributed by atoms with E-state index in [1.165, 1.54) is 0 Å². The Morgan fingerprint density at radius 1 is 0.451 bits per heavy atom. The van der Waals surface area contributed by atoms with Crippen LogP contribution in [0.3, 0.4) is 0 Å². The summed E-state index contributed by atoms with van der Waals surface area (Å²) in [6.45, 7) is 0. The molecule has 0 aliphatic rings. The first-order valence-electron chi connectivity index (χ1n) is 13.7. The molecular formula is C34H34FeI4N8O4-2. The quantitative estimate of drug-likeness (QED) is 0.0423. The predicted molar refractivity (Wildman–Crippen MR) is 241 cm³/mol. The van der Waals surface area contributed by atoms with Gasteiger partial charge in [0.2, 0.25) is 0 Å². The third-order valence-corrected chi connectivity index (χ3v) is 5.83. The van der Waals surface area contributed by atoms with Crippen LogP contribution in [0.1, 0.15) is 22.3 Å². The number of nitrogens with zero attached hydrogens (tertiary/aromatic N) is 6. The van der Waals surface area contributed by atoms with E-state index >= 15 is 0 Å². The van der Waals surface area contributed by atoms with Gasteiger partial charge in [-0.05, 0) is 0 Å². The van der Waals surface area contributed by atoms with E-state index in [-0.39, 0.29) is 136 Å². The van der Waals surface area contributed by atoms with Gasteiger partial charge in [-0.2, -0.15) is 0 Å². The van der Waals surface area contributed by atoms with Crippen LogP contribution in [0.15, 0.2) is 179 Å². The molecule has 4 N–H and O–H groups in total. The predicted octanol–water partition coefficient (Wildman–Crippen LogP) is 8.99. The first kappa shape index (κ1) is 52.0. The fourth-order valence-corrected chi connectivity index (χ4v) is 3.76. The molecule has 17 heteroatoms. The fourth-order valence-electron chi connectivity index (χ4n) is 3.76. The molecule has 0 fully saturated rings. The number of aromatic nitrogens is 4. The van der Waals surface area contributed by atoms with Gasteiger partial charge in [0.1, 0.15) is 11.4 Å². The number of hydrogen-bond donors (Lipinski definition) is 4. The zero-order chi connectivity index (χ0) is 32.7. The minimum atomic E-state index is 0. The molecule has 272 valence electrons. The second-order valence-electron chi connectivity index (χ2n) is 8.76. The zero-order valence-corrected chi connectivity index (χ0v) is 36.8. The van der Waals surface area contributed by atoms with E-state index < -0.39 is 0 Å². The SMILES string of the molecule is I.I.I.I.[Fe].[O-]/N=C(/C(=N/O)c1ccccc1)c1ccccc1.[O-]/N=C(/C(=N/O)c1ccccc1)c1ccccc1.c1c[nH]cn1.c1c[nH]cn1. The van der Waals surface area contributed by atoms with Crippen LogP contribution >= 0.6 is 95.9 Å². The van der Waals surface area contributed by atoms with Gasteiger partial charge in [-0.3, -0.25) is 0 Å². The minimum Gasteiger partial charge on any atom is -0.791 e. The van der Waals surface area contributed by atoms with E-state index in [1.54, 1.807) is 135 Å². The maximum absolute atomic E-state index is 11.0. The second kappa shape index (κ2) is 32.5. The number of oxime groups is 2. The first-order chi connectivity index (χ1) is 22.7. The molecule has 4 aromatic carbocycles. The molecule has 2 aromatic heterocycles. The van der Waals surface area contributed by atoms with E-state index in [0.717, 1.165) is 0 Å². The molecule has 0 bridgehead atoms. The molecule has 0 spiro atoms. The smallest absolute Gasteiger partial charge is 0.135 e. The average molecular weight is 1180 g/mol. The monoisotopic (exact) mass is 1180 g/mol. The molecular weight excluding hydrogens is 1150 g/mol. The summed E-state index contributed by atoms with van der Waals surface area (Å²) in [6, 6.07) is 35.7. The van der Waals surface area contributed by atoms with Gasteiger partial charge in [-0.25, -0.2) is 9.97 Å². The summed E-state index contributed by atoms with van der Waals surface area (Å²) < 4.78 is 0. The van der Waals surface area contributed by atoms with Gasteiger partial charge in [0.05, 0.1) is 24.1 Å². The Hall–Kier alpha value is -3.38. The molecule has 0 saturated carbocycles. The molecule has 2 heterocycles. The Balaban J connectivity index is -0.000000657. The van der Waals surface area contributed by atoms with E-state index in [1.807, 2.05) is 24.3 Å². The second-order valence-corrected chi connectivity index (χ2v) is 8.76. The first-order valence-corrected chi connectivity index (χ1v) is 13.7. The van der Waals surface area contributed by atoms with Crippen molar-refractivity contribution in [2.24, 2.45) is 20.6 Å². The molecule has 0 aliphatic carbocycles. The third kappa shape index (κ3) is 18.6. The Morgan fingerprint density at radius 2 is 0.706 bits per heavy atom. The maximum Gasteiger partial charge on any atom is 0.135 e. The standard InChI is InChI=1S/2C14H12N2O2.2C3H4N2.Fe.4HI/c2*17-15-13(11-7-3-1-4-8-11)14(16-18)12-9-5-2-6-10-12;2*1-2-5-3-4-1;;;;;/h2*1-10,17-18H;2*1-3H,(H,4,5);;4*1H/p-2/b2*15-13+,16-14+;;;;;;;. The normalized spacial score (nSPS) is 10.4. The summed E-state index contributed by atoms with van der Waals surface area (Å²) in [7, 11) is 0. The molecule has 12 nitrogen and oxygen atoms in total. The Morgan fingerprint density at radius 3 is 0.863 bits per heavy atom. The number of rotatable bonds is 6. The number of hydrogen-bond acceptors (Lipinski definition) is 10. The van der Waals surface area contributed by atoms with Crippen LogP contribution in [-0.4, -0.2) is 53.2 Å². The van der Waals surface area contributed by atoms with E-state index in [4.69, 9.17) is 10.4 Å². The van der Waals surface area contributed by atoms with Crippen molar-refractivity contribution in [1.29, 1.82) is 0 Å². The largest absolute Gasteiger partial charge is 0.791 e. The molecule has 51 heavy (non-hydrogen) atoms. The van der Waals surface area contributed by atoms with E-state index in [2.05, 4.69) is 40.6 Å². The van der Waals surface area contributed by atoms with Crippen LogP contribution < -0.4 is 0 Å². The fraction of sp³-hybridized carbons (Fsp3) is 0. The number of halogens is 4. The van der Waals surface area contributed by atoms with Crippen molar-refractivity contribution in [3.05, 3.63) is 191 Å². The van der Waals surface area contributed by atoms with Crippen molar-refractivity contribution >= 4 is 119 Å². The van der Waals surface area contributed by atoms with Crippen molar-refractivity contribution in [2.45, 2.75) is 0 Å². The van der Waals surface area contributed by atoms with Crippen molar-refractivity contribution in [3.63, 3.8) is 0 Å². The minimum absolute atomic E-state index is 0. The van der Waals surface area contributed by atoms with Crippen LogP contribution in [0.25, 0.3) is 0 Å². The van der Waals surface area contributed by atoms with Gasteiger partial charge in [0, 0.05) is 64.1 Å². The molecule has 0 saturated heterocycles. The van der Waals surface area contributed by atoms with E-state index in [0.29, 0.717) is 22.3 Å². The Labute approximate surface area is 374 Å². The van der Waals surface area contributed by atoms with Gasteiger partial charge in [0.25, 0.3) is 0 Å². The van der Waals surface area contributed by atoms with Crippen LogP contribution in [0.5, 0.6) is 0 Å². The van der Waals surface area contributed by atoms with Gasteiger partial charge in [-0.15, -0.1) is 95.9 Å². The van der Waals surface area contributed by atoms with E-state index in [9.17, 15) is 10.4 Å². The Kier molecular flexibility index (Phi) is 33.1. The number of aromatic amines is 2. The molecule has 0 radical (unpaired) electrons. The average Bonchev–Trinajstić information content (AvgIpc) is 3.92. The summed E-state index contributed by atoms with van der Waals surface area (Å²) in [5, 5.41) is 52.6. The molecule has 0 unspecified atom stereocenters.